The average Bonchev–Trinajstić information content (AvgIpc) is 3.41. The second kappa shape index (κ2) is 10.7. The van der Waals surface area contributed by atoms with E-state index >= 15 is 0 Å². The quantitative estimate of drug-likeness (QED) is 0.465. The van der Waals surface area contributed by atoms with Crippen LogP contribution in [0.4, 0.5) is 9.39 Å². The Kier molecular flexibility index (Phi) is 7.78. The molecule has 0 bridgehead atoms. The van der Waals surface area contributed by atoms with Gasteiger partial charge in [-0.05, 0) is 49.2 Å². The number of esters is 2. The second-order valence-corrected chi connectivity index (χ2v) is 7.83. The van der Waals surface area contributed by atoms with Gasteiger partial charge in [0.2, 0.25) is 0 Å². The molecule has 3 aromatic rings. The fourth-order valence-corrected chi connectivity index (χ4v) is 3.90. The first-order valence-electron chi connectivity index (χ1n) is 9.96. The predicted octanol–water partition coefficient (Wildman–Crippen LogP) is 4.03. The fourth-order valence-electron chi connectivity index (χ4n) is 2.79. The number of nitrogens with zero attached hydrogens (tertiary/aromatic N) is 2. The molecule has 0 aliphatic rings. The van der Waals surface area contributed by atoms with Gasteiger partial charge in [0.05, 0.1) is 19.3 Å². The van der Waals surface area contributed by atoms with E-state index in [4.69, 9.17) is 14.2 Å². The van der Waals surface area contributed by atoms with Gasteiger partial charge in [-0.2, -0.15) is 5.10 Å². The lowest BCUT2D eigenvalue weighted by molar-refractivity contribution is 0.0506. The molecule has 0 fully saturated rings. The van der Waals surface area contributed by atoms with Crippen LogP contribution in [-0.2, 0) is 16.2 Å². The number of ether oxygens (including phenoxy) is 3. The van der Waals surface area contributed by atoms with Crippen molar-refractivity contribution in [1.82, 2.24) is 9.78 Å². The zero-order valence-electron chi connectivity index (χ0n) is 18.2. The summed E-state index contributed by atoms with van der Waals surface area (Å²) < 4.78 is 29.8. The molecule has 0 radical (unpaired) electrons. The number of amides is 1. The first-order valence-corrected chi connectivity index (χ1v) is 10.8. The minimum Gasteiger partial charge on any atom is -0.471 e. The highest BCUT2D eigenvalue weighted by Gasteiger charge is 2.27. The molecular formula is C22H22FN3O6S. The molecular weight excluding hydrogens is 453 g/mol. The Morgan fingerprint density at radius 2 is 1.88 bits per heavy atom. The first kappa shape index (κ1) is 23.9. The number of nitrogens with one attached hydrogen (secondary N) is 1. The Hall–Kier alpha value is -3.73. The summed E-state index contributed by atoms with van der Waals surface area (Å²) >= 11 is 0.922. The molecule has 0 aliphatic heterocycles. The van der Waals surface area contributed by atoms with Crippen molar-refractivity contribution in [3.05, 3.63) is 64.0 Å². The van der Waals surface area contributed by atoms with Crippen LogP contribution in [0.1, 0.15) is 49.4 Å². The van der Waals surface area contributed by atoms with E-state index in [1.807, 2.05) is 6.92 Å². The maximum Gasteiger partial charge on any atom is 0.348 e. The third-order valence-electron chi connectivity index (χ3n) is 4.44. The molecule has 0 saturated heterocycles. The Bertz CT molecular complexity index is 1160. The number of thiophene rings is 1. The molecule has 1 N–H and O–H groups in total. The lowest BCUT2D eigenvalue weighted by atomic mass is 10.1. The van der Waals surface area contributed by atoms with Crippen LogP contribution in [-0.4, -0.2) is 41.3 Å². The van der Waals surface area contributed by atoms with Crippen molar-refractivity contribution in [2.24, 2.45) is 0 Å². The van der Waals surface area contributed by atoms with Crippen LogP contribution >= 0.6 is 11.3 Å². The standard InChI is InChI=1S/C22H22FN3O6S/c1-4-11-31-21(28)17-13(2)18(22(29)30-3)33-20(17)24-19(27)16-9-10-26(25-16)12-32-15-7-5-14(23)6-8-15/h5-10H,4,11-12H2,1-3H3,(H,24,27). The number of aromatic nitrogens is 2. The summed E-state index contributed by atoms with van der Waals surface area (Å²) in [4.78, 5) is 37.6. The molecule has 33 heavy (non-hydrogen) atoms. The van der Waals surface area contributed by atoms with Gasteiger partial charge in [0, 0.05) is 6.20 Å². The van der Waals surface area contributed by atoms with Crippen LogP contribution in [0, 0.1) is 12.7 Å². The number of carbonyl (C=O) groups is 3. The zero-order valence-corrected chi connectivity index (χ0v) is 19.0. The maximum atomic E-state index is 13.0. The number of hydrogen-bond donors (Lipinski definition) is 1. The minimum atomic E-state index is -0.644. The number of benzene rings is 1. The van der Waals surface area contributed by atoms with E-state index in [0.29, 0.717) is 17.7 Å². The molecule has 0 spiro atoms. The van der Waals surface area contributed by atoms with Crippen LogP contribution in [0.2, 0.25) is 0 Å². The Morgan fingerprint density at radius 3 is 2.55 bits per heavy atom. The molecule has 174 valence electrons. The van der Waals surface area contributed by atoms with E-state index in [0.717, 1.165) is 11.3 Å². The summed E-state index contributed by atoms with van der Waals surface area (Å²) in [5, 5.41) is 6.94. The molecule has 0 aliphatic carbocycles. The first-order chi connectivity index (χ1) is 15.8. The van der Waals surface area contributed by atoms with Crippen molar-refractivity contribution in [1.29, 1.82) is 0 Å². The van der Waals surface area contributed by atoms with Gasteiger partial charge in [-0.3, -0.25) is 4.79 Å². The molecule has 11 heteroatoms. The van der Waals surface area contributed by atoms with Gasteiger partial charge < -0.3 is 19.5 Å². The highest BCUT2D eigenvalue weighted by molar-refractivity contribution is 7.18. The third-order valence-corrected chi connectivity index (χ3v) is 5.62. The molecule has 2 aromatic heterocycles. The molecule has 0 saturated carbocycles. The van der Waals surface area contributed by atoms with Crippen LogP contribution < -0.4 is 10.1 Å². The molecule has 0 unspecified atom stereocenters. The summed E-state index contributed by atoms with van der Waals surface area (Å²) in [6.07, 6.45) is 2.16. The third kappa shape index (κ3) is 5.75. The number of anilines is 1. The number of carbonyl (C=O) groups excluding carboxylic acids is 3. The number of methoxy groups -OCH3 is 1. The highest BCUT2D eigenvalue weighted by atomic mass is 32.1. The van der Waals surface area contributed by atoms with Gasteiger partial charge in [-0.1, -0.05) is 6.92 Å². The smallest absolute Gasteiger partial charge is 0.348 e. The van der Waals surface area contributed by atoms with E-state index in [1.54, 1.807) is 6.92 Å². The van der Waals surface area contributed by atoms with Gasteiger partial charge >= 0.3 is 11.9 Å². The van der Waals surface area contributed by atoms with E-state index in [9.17, 15) is 18.8 Å². The topological polar surface area (TPSA) is 109 Å². The van der Waals surface area contributed by atoms with E-state index in [2.05, 4.69) is 10.4 Å². The van der Waals surface area contributed by atoms with E-state index in [-0.39, 0.29) is 40.3 Å². The summed E-state index contributed by atoms with van der Waals surface area (Å²) in [5.74, 6) is -1.79. The second-order valence-electron chi connectivity index (χ2n) is 6.81. The van der Waals surface area contributed by atoms with Crippen molar-refractivity contribution in [2.45, 2.75) is 27.0 Å². The lowest BCUT2D eigenvalue weighted by Gasteiger charge is -2.07. The minimum absolute atomic E-state index is 0.00188. The SMILES string of the molecule is CCCOC(=O)c1c(NC(=O)c2ccn(COc3ccc(F)cc3)n2)sc(C(=O)OC)c1C. The number of hydrogen-bond acceptors (Lipinski definition) is 8. The van der Waals surface area contributed by atoms with Gasteiger partial charge in [0.25, 0.3) is 5.91 Å². The highest BCUT2D eigenvalue weighted by Crippen LogP contribution is 2.34. The molecule has 1 amide bonds. The van der Waals surface area contributed by atoms with Crippen molar-refractivity contribution in [3.8, 4) is 5.75 Å². The normalized spacial score (nSPS) is 10.5. The van der Waals surface area contributed by atoms with Crippen LogP contribution in [0.25, 0.3) is 0 Å². The largest absolute Gasteiger partial charge is 0.471 e. The molecule has 2 heterocycles. The molecule has 9 nitrogen and oxygen atoms in total. The van der Waals surface area contributed by atoms with E-state index in [1.165, 1.54) is 48.3 Å². The summed E-state index contributed by atoms with van der Waals surface area (Å²) in [6.45, 7) is 3.64. The molecule has 1 aromatic carbocycles. The van der Waals surface area contributed by atoms with Crippen LogP contribution in [0.15, 0.2) is 36.5 Å². The van der Waals surface area contributed by atoms with Crippen molar-refractivity contribution < 1.29 is 33.0 Å². The van der Waals surface area contributed by atoms with Crippen molar-refractivity contribution >= 4 is 34.2 Å². The lowest BCUT2D eigenvalue weighted by Crippen LogP contribution is -2.16. The summed E-state index contributed by atoms with van der Waals surface area (Å²) in [5.41, 5.74) is 0.527. The Morgan fingerprint density at radius 1 is 1.15 bits per heavy atom. The molecule has 0 atom stereocenters. The predicted molar refractivity (Wildman–Crippen MR) is 118 cm³/mol. The maximum absolute atomic E-state index is 13.0. The summed E-state index contributed by atoms with van der Waals surface area (Å²) in [7, 11) is 1.23. The summed E-state index contributed by atoms with van der Waals surface area (Å²) in [6, 6.07) is 6.96. The van der Waals surface area contributed by atoms with Gasteiger partial charge in [-0.15, -0.1) is 11.3 Å². The average molecular weight is 475 g/mol. The number of halogens is 1. The van der Waals surface area contributed by atoms with E-state index < -0.39 is 17.8 Å². The Labute approximate surface area is 193 Å². The van der Waals surface area contributed by atoms with Crippen LogP contribution in [0.3, 0.4) is 0 Å². The van der Waals surface area contributed by atoms with Gasteiger partial charge in [0.1, 0.15) is 21.4 Å². The monoisotopic (exact) mass is 475 g/mol. The fraction of sp³-hybridized carbons (Fsp3) is 0.273. The van der Waals surface area contributed by atoms with Crippen molar-refractivity contribution in [3.63, 3.8) is 0 Å². The zero-order chi connectivity index (χ0) is 24.0. The van der Waals surface area contributed by atoms with Gasteiger partial charge in [-0.25, -0.2) is 18.7 Å². The van der Waals surface area contributed by atoms with Crippen LogP contribution in [0.5, 0.6) is 5.75 Å². The van der Waals surface area contributed by atoms with Gasteiger partial charge in [0.15, 0.2) is 12.4 Å². The Balaban J connectivity index is 1.75. The van der Waals surface area contributed by atoms with Crippen molar-refractivity contribution in [2.75, 3.05) is 19.0 Å². The molecule has 3 rings (SSSR count). The number of rotatable bonds is 9.